The van der Waals surface area contributed by atoms with Crippen LogP contribution in [-0.4, -0.2) is 23.7 Å². The molecule has 0 aliphatic rings. The van der Waals surface area contributed by atoms with E-state index in [0.717, 1.165) is 6.08 Å². The third-order valence-corrected chi connectivity index (χ3v) is 1.90. The molecule has 0 aliphatic heterocycles. The molecule has 1 aromatic carbocycles. The van der Waals surface area contributed by atoms with Gasteiger partial charge in [0.1, 0.15) is 0 Å². The summed E-state index contributed by atoms with van der Waals surface area (Å²) in [5.74, 6) is -1.01. The summed E-state index contributed by atoms with van der Waals surface area (Å²) in [5.41, 5.74) is 1.32. The number of hydrogen-bond acceptors (Lipinski definition) is 2. The second-order valence-electron chi connectivity index (χ2n) is 3.28. The van der Waals surface area contributed by atoms with Crippen LogP contribution in [0.2, 0.25) is 0 Å². The number of carboxylic acids is 1. The Kier molecular flexibility index (Phi) is 4.75. The quantitative estimate of drug-likeness (QED) is 0.696. The van der Waals surface area contributed by atoms with Gasteiger partial charge in [-0.2, -0.15) is 0 Å². The highest BCUT2D eigenvalue weighted by molar-refractivity contribution is 5.90. The average Bonchev–Trinajstić information content (AvgIpc) is 2.27. The standard InChI is InChI=1S/C12H14N2O3/c1-2-13-12(17)14-10-5-3-4-9(8-10)6-7-11(15)16/h3-8H,2H2,1H3,(H,15,16)(H2,13,14,17)/b7-6+. The van der Waals surface area contributed by atoms with E-state index in [9.17, 15) is 9.59 Å². The van der Waals surface area contributed by atoms with Crippen LogP contribution in [0.25, 0.3) is 6.08 Å². The molecule has 0 bridgehead atoms. The van der Waals surface area contributed by atoms with Gasteiger partial charge in [-0.15, -0.1) is 0 Å². The van der Waals surface area contributed by atoms with Crippen molar-refractivity contribution in [3.63, 3.8) is 0 Å². The van der Waals surface area contributed by atoms with Crippen LogP contribution >= 0.6 is 0 Å². The van der Waals surface area contributed by atoms with E-state index in [0.29, 0.717) is 17.8 Å². The molecule has 2 amide bonds. The smallest absolute Gasteiger partial charge is 0.328 e. The summed E-state index contributed by atoms with van der Waals surface area (Å²) >= 11 is 0. The molecule has 0 fully saturated rings. The predicted octanol–water partition coefficient (Wildman–Crippen LogP) is 1.93. The number of carbonyl (C=O) groups is 2. The first-order valence-corrected chi connectivity index (χ1v) is 5.17. The minimum Gasteiger partial charge on any atom is -0.478 e. The molecular weight excluding hydrogens is 220 g/mol. The first-order chi connectivity index (χ1) is 8.11. The van der Waals surface area contributed by atoms with Crippen molar-refractivity contribution < 1.29 is 14.7 Å². The van der Waals surface area contributed by atoms with Gasteiger partial charge in [0.15, 0.2) is 0 Å². The summed E-state index contributed by atoms with van der Waals surface area (Å²) in [6, 6.07) is 6.62. The molecule has 0 saturated heterocycles. The Hall–Kier alpha value is -2.30. The lowest BCUT2D eigenvalue weighted by Crippen LogP contribution is -2.28. The number of rotatable bonds is 4. The number of anilines is 1. The molecule has 1 aromatic rings. The molecule has 5 heteroatoms. The Balaban J connectivity index is 2.72. The Labute approximate surface area is 99.1 Å². The van der Waals surface area contributed by atoms with Gasteiger partial charge >= 0.3 is 12.0 Å². The Morgan fingerprint density at radius 2 is 2.18 bits per heavy atom. The highest BCUT2D eigenvalue weighted by atomic mass is 16.4. The maximum absolute atomic E-state index is 11.3. The number of urea groups is 1. The van der Waals surface area contributed by atoms with Crippen LogP contribution in [0.5, 0.6) is 0 Å². The van der Waals surface area contributed by atoms with Crippen LogP contribution < -0.4 is 10.6 Å². The van der Waals surface area contributed by atoms with Gasteiger partial charge in [0.25, 0.3) is 0 Å². The van der Waals surface area contributed by atoms with Gasteiger partial charge in [0, 0.05) is 18.3 Å². The first kappa shape index (κ1) is 12.8. The fourth-order valence-corrected chi connectivity index (χ4v) is 1.22. The number of benzene rings is 1. The van der Waals surface area contributed by atoms with E-state index >= 15 is 0 Å². The number of aliphatic carboxylic acids is 1. The highest BCUT2D eigenvalue weighted by Gasteiger charge is 1.99. The SMILES string of the molecule is CCNC(=O)Nc1cccc(/C=C/C(=O)O)c1. The molecule has 0 saturated carbocycles. The molecule has 0 spiro atoms. The minimum atomic E-state index is -1.01. The van der Waals surface area contributed by atoms with Crippen molar-refractivity contribution >= 4 is 23.8 Å². The summed E-state index contributed by atoms with van der Waals surface area (Å²) in [5, 5.41) is 13.7. The average molecular weight is 234 g/mol. The summed E-state index contributed by atoms with van der Waals surface area (Å²) in [6.45, 7) is 2.37. The van der Waals surface area contributed by atoms with Crippen molar-refractivity contribution in [3.05, 3.63) is 35.9 Å². The molecule has 0 radical (unpaired) electrons. The zero-order chi connectivity index (χ0) is 12.7. The van der Waals surface area contributed by atoms with Crippen molar-refractivity contribution in [2.75, 3.05) is 11.9 Å². The zero-order valence-electron chi connectivity index (χ0n) is 9.43. The van der Waals surface area contributed by atoms with Gasteiger partial charge in [-0.3, -0.25) is 0 Å². The molecule has 0 heterocycles. The number of nitrogens with one attached hydrogen (secondary N) is 2. The van der Waals surface area contributed by atoms with E-state index in [-0.39, 0.29) is 6.03 Å². The maximum atomic E-state index is 11.3. The number of carbonyl (C=O) groups excluding carboxylic acids is 1. The fourth-order valence-electron chi connectivity index (χ4n) is 1.22. The third-order valence-electron chi connectivity index (χ3n) is 1.90. The van der Waals surface area contributed by atoms with Crippen LogP contribution in [0.15, 0.2) is 30.3 Å². The van der Waals surface area contributed by atoms with E-state index in [1.807, 2.05) is 6.92 Å². The van der Waals surface area contributed by atoms with E-state index < -0.39 is 5.97 Å². The van der Waals surface area contributed by atoms with Crippen LogP contribution in [-0.2, 0) is 4.79 Å². The Morgan fingerprint density at radius 3 is 2.82 bits per heavy atom. The summed E-state index contributed by atoms with van der Waals surface area (Å²) in [4.78, 5) is 21.6. The number of amides is 2. The second kappa shape index (κ2) is 6.32. The topological polar surface area (TPSA) is 78.4 Å². The monoisotopic (exact) mass is 234 g/mol. The van der Waals surface area contributed by atoms with E-state index in [1.165, 1.54) is 6.08 Å². The lowest BCUT2D eigenvalue weighted by molar-refractivity contribution is -0.131. The van der Waals surface area contributed by atoms with Gasteiger partial charge in [0.05, 0.1) is 0 Å². The molecule has 0 atom stereocenters. The lowest BCUT2D eigenvalue weighted by Gasteiger charge is -2.06. The van der Waals surface area contributed by atoms with Crippen molar-refractivity contribution in [1.29, 1.82) is 0 Å². The van der Waals surface area contributed by atoms with Crippen LogP contribution in [0.4, 0.5) is 10.5 Å². The number of hydrogen-bond donors (Lipinski definition) is 3. The van der Waals surface area contributed by atoms with Crippen LogP contribution in [0.1, 0.15) is 12.5 Å². The van der Waals surface area contributed by atoms with E-state index in [1.54, 1.807) is 24.3 Å². The molecule has 0 aliphatic carbocycles. The van der Waals surface area contributed by atoms with Gasteiger partial charge in [-0.25, -0.2) is 9.59 Å². The minimum absolute atomic E-state index is 0.285. The van der Waals surface area contributed by atoms with Crippen molar-refractivity contribution in [1.82, 2.24) is 5.32 Å². The van der Waals surface area contributed by atoms with Crippen LogP contribution in [0, 0.1) is 0 Å². The molecular formula is C12H14N2O3. The Bertz CT molecular complexity index is 441. The molecule has 17 heavy (non-hydrogen) atoms. The van der Waals surface area contributed by atoms with Crippen molar-refractivity contribution in [2.24, 2.45) is 0 Å². The fraction of sp³-hybridized carbons (Fsp3) is 0.167. The van der Waals surface area contributed by atoms with Crippen molar-refractivity contribution in [2.45, 2.75) is 6.92 Å². The highest BCUT2D eigenvalue weighted by Crippen LogP contribution is 2.11. The number of carboxylic acid groups (broad SMARTS) is 1. The van der Waals surface area contributed by atoms with E-state index in [2.05, 4.69) is 10.6 Å². The van der Waals surface area contributed by atoms with Gasteiger partial charge in [-0.1, -0.05) is 12.1 Å². The predicted molar refractivity (Wildman–Crippen MR) is 65.8 cm³/mol. The van der Waals surface area contributed by atoms with Crippen LogP contribution in [0.3, 0.4) is 0 Å². The maximum Gasteiger partial charge on any atom is 0.328 e. The van der Waals surface area contributed by atoms with Gasteiger partial charge < -0.3 is 15.7 Å². The molecule has 0 unspecified atom stereocenters. The third kappa shape index (κ3) is 4.83. The normalized spacial score (nSPS) is 10.2. The van der Waals surface area contributed by atoms with E-state index in [4.69, 9.17) is 5.11 Å². The lowest BCUT2D eigenvalue weighted by atomic mass is 10.2. The first-order valence-electron chi connectivity index (χ1n) is 5.17. The molecule has 90 valence electrons. The summed E-state index contributed by atoms with van der Waals surface area (Å²) in [6.07, 6.45) is 2.51. The summed E-state index contributed by atoms with van der Waals surface area (Å²) in [7, 11) is 0. The largest absolute Gasteiger partial charge is 0.478 e. The summed E-state index contributed by atoms with van der Waals surface area (Å²) < 4.78 is 0. The molecule has 0 aromatic heterocycles. The molecule has 5 nitrogen and oxygen atoms in total. The second-order valence-corrected chi connectivity index (χ2v) is 3.28. The Morgan fingerprint density at radius 1 is 1.41 bits per heavy atom. The van der Waals surface area contributed by atoms with Gasteiger partial charge in [-0.05, 0) is 30.7 Å². The van der Waals surface area contributed by atoms with Crippen molar-refractivity contribution in [3.8, 4) is 0 Å². The molecule has 3 N–H and O–H groups in total. The zero-order valence-corrected chi connectivity index (χ0v) is 9.43. The van der Waals surface area contributed by atoms with Gasteiger partial charge in [0.2, 0.25) is 0 Å². The molecule has 1 rings (SSSR count).